The summed E-state index contributed by atoms with van der Waals surface area (Å²) in [6, 6.07) is 6.41. The van der Waals surface area contributed by atoms with Crippen molar-refractivity contribution in [2.24, 2.45) is 0 Å². The molecule has 0 spiro atoms. The monoisotopic (exact) mass is 281 g/mol. The molecule has 0 fully saturated rings. The zero-order valence-corrected chi connectivity index (χ0v) is 12.5. The first-order valence-corrected chi connectivity index (χ1v) is 6.98. The number of aromatic nitrogens is 4. The lowest BCUT2D eigenvalue weighted by Gasteiger charge is -2.10. The van der Waals surface area contributed by atoms with Gasteiger partial charge in [-0.1, -0.05) is 12.1 Å². The predicted molar refractivity (Wildman–Crippen MR) is 83.7 cm³/mol. The van der Waals surface area contributed by atoms with Crippen molar-refractivity contribution in [2.75, 3.05) is 5.32 Å². The molecule has 21 heavy (non-hydrogen) atoms. The second-order valence-corrected chi connectivity index (χ2v) is 5.28. The quantitative estimate of drug-likeness (QED) is 0.772. The average Bonchev–Trinajstić information content (AvgIpc) is 3.09. The Morgan fingerprint density at radius 2 is 2.05 bits per heavy atom. The standard InChI is InChI=1S/C16H19N5/c1-11-4-5-12(2)16(6-11)21-13(3)15(9-20-21)18-8-14-7-17-10-19-14/h4-7,9-10,18H,8H2,1-3H3,(H,17,19). The van der Waals surface area contributed by atoms with E-state index in [0.29, 0.717) is 6.54 Å². The van der Waals surface area contributed by atoms with Crippen LogP contribution in [0.2, 0.25) is 0 Å². The van der Waals surface area contributed by atoms with Crippen molar-refractivity contribution >= 4 is 5.69 Å². The van der Waals surface area contributed by atoms with Gasteiger partial charge in [0.15, 0.2) is 0 Å². The number of nitrogens with one attached hydrogen (secondary N) is 2. The number of anilines is 1. The number of rotatable bonds is 4. The third-order valence-corrected chi connectivity index (χ3v) is 3.63. The summed E-state index contributed by atoms with van der Waals surface area (Å²) >= 11 is 0. The van der Waals surface area contributed by atoms with Gasteiger partial charge in [0.2, 0.25) is 0 Å². The SMILES string of the molecule is Cc1ccc(C)c(-n2ncc(NCc3cnc[nH]3)c2C)c1. The molecule has 0 amide bonds. The predicted octanol–water partition coefficient (Wildman–Crippen LogP) is 3.13. The molecule has 1 aromatic carbocycles. The Morgan fingerprint density at radius 1 is 1.19 bits per heavy atom. The Balaban J connectivity index is 1.86. The Kier molecular flexibility index (Phi) is 3.48. The van der Waals surface area contributed by atoms with E-state index in [-0.39, 0.29) is 0 Å². The zero-order chi connectivity index (χ0) is 14.8. The van der Waals surface area contributed by atoms with Crippen molar-refractivity contribution in [2.45, 2.75) is 27.3 Å². The summed E-state index contributed by atoms with van der Waals surface area (Å²) in [5, 5.41) is 7.90. The normalized spacial score (nSPS) is 10.8. The minimum absolute atomic E-state index is 0.708. The molecule has 0 aliphatic carbocycles. The van der Waals surface area contributed by atoms with Gasteiger partial charge in [-0.25, -0.2) is 9.67 Å². The summed E-state index contributed by atoms with van der Waals surface area (Å²) < 4.78 is 1.98. The molecule has 3 aromatic rings. The average molecular weight is 281 g/mol. The number of imidazole rings is 1. The Hall–Kier alpha value is -2.56. The van der Waals surface area contributed by atoms with Crippen LogP contribution in [-0.2, 0) is 6.54 Å². The van der Waals surface area contributed by atoms with E-state index >= 15 is 0 Å². The van der Waals surface area contributed by atoms with Crippen molar-refractivity contribution in [3.63, 3.8) is 0 Å². The molecule has 5 heteroatoms. The van der Waals surface area contributed by atoms with Crippen LogP contribution in [-0.4, -0.2) is 19.7 Å². The third-order valence-electron chi connectivity index (χ3n) is 3.63. The van der Waals surface area contributed by atoms with Crippen molar-refractivity contribution < 1.29 is 0 Å². The number of benzene rings is 1. The summed E-state index contributed by atoms with van der Waals surface area (Å²) in [5.74, 6) is 0. The molecule has 0 unspecified atom stereocenters. The van der Waals surface area contributed by atoms with Gasteiger partial charge < -0.3 is 10.3 Å². The third kappa shape index (κ3) is 2.67. The van der Waals surface area contributed by atoms with Crippen LogP contribution in [0.4, 0.5) is 5.69 Å². The van der Waals surface area contributed by atoms with Crippen LogP contribution >= 0.6 is 0 Å². The van der Waals surface area contributed by atoms with Gasteiger partial charge in [0.05, 0.1) is 41.8 Å². The second-order valence-electron chi connectivity index (χ2n) is 5.28. The smallest absolute Gasteiger partial charge is 0.0922 e. The molecule has 5 nitrogen and oxygen atoms in total. The van der Waals surface area contributed by atoms with Crippen LogP contribution in [0.25, 0.3) is 5.69 Å². The molecular weight excluding hydrogens is 262 g/mol. The van der Waals surface area contributed by atoms with Crippen LogP contribution in [0, 0.1) is 20.8 Å². The molecule has 0 bridgehead atoms. The Labute approximate surface area is 124 Å². The first-order valence-electron chi connectivity index (χ1n) is 6.98. The lowest BCUT2D eigenvalue weighted by molar-refractivity contribution is 0.839. The fraction of sp³-hybridized carbons (Fsp3) is 0.250. The summed E-state index contributed by atoms with van der Waals surface area (Å²) in [7, 11) is 0. The first-order chi connectivity index (χ1) is 10.1. The van der Waals surface area contributed by atoms with Crippen LogP contribution in [0.5, 0.6) is 0 Å². The molecule has 2 aromatic heterocycles. The van der Waals surface area contributed by atoms with Gasteiger partial charge in [-0.05, 0) is 38.0 Å². The largest absolute Gasteiger partial charge is 0.377 e. The first kappa shape index (κ1) is 13.4. The molecule has 0 aliphatic rings. The highest BCUT2D eigenvalue weighted by Gasteiger charge is 2.10. The van der Waals surface area contributed by atoms with Crippen molar-refractivity contribution in [3.8, 4) is 5.69 Å². The van der Waals surface area contributed by atoms with E-state index in [2.05, 4.69) is 59.4 Å². The van der Waals surface area contributed by atoms with Crippen LogP contribution in [0.3, 0.4) is 0 Å². The molecule has 3 rings (SSSR count). The van der Waals surface area contributed by atoms with Gasteiger partial charge in [-0.3, -0.25) is 0 Å². The molecule has 0 radical (unpaired) electrons. The number of H-pyrrole nitrogens is 1. The van der Waals surface area contributed by atoms with Gasteiger partial charge in [-0.15, -0.1) is 0 Å². The fourth-order valence-electron chi connectivity index (χ4n) is 2.35. The molecule has 0 aliphatic heterocycles. The topological polar surface area (TPSA) is 58.5 Å². The van der Waals surface area contributed by atoms with E-state index in [9.17, 15) is 0 Å². The number of nitrogens with zero attached hydrogens (tertiary/aromatic N) is 3. The maximum Gasteiger partial charge on any atom is 0.0922 e. The molecule has 0 saturated carbocycles. The van der Waals surface area contributed by atoms with E-state index in [1.54, 1.807) is 6.33 Å². The van der Waals surface area contributed by atoms with Crippen LogP contribution in [0.15, 0.2) is 36.9 Å². The van der Waals surface area contributed by atoms with E-state index in [1.165, 1.54) is 11.1 Å². The summed E-state index contributed by atoms with van der Waals surface area (Å²) in [4.78, 5) is 7.10. The molecule has 0 atom stereocenters. The summed E-state index contributed by atoms with van der Waals surface area (Å²) in [5.41, 5.74) is 6.76. The van der Waals surface area contributed by atoms with Crippen LogP contribution in [0.1, 0.15) is 22.5 Å². The minimum Gasteiger partial charge on any atom is -0.377 e. The Morgan fingerprint density at radius 3 is 2.81 bits per heavy atom. The van der Waals surface area contributed by atoms with Crippen LogP contribution < -0.4 is 5.32 Å². The lowest BCUT2D eigenvalue weighted by Crippen LogP contribution is -2.04. The van der Waals surface area contributed by atoms with Gasteiger partial charge in [0.25, 0.3) is 0 Å². The number of hydrogen-bond acceptors (Lipinski definition) is 3. The van der Waals surface area contributed by atoms with E-state index in [0.717, 1.165) is 22.8 Å². The fourth-order valence-corrected chi connectivity index (χ4v) is 2.35. The van der Waals surface area contributed by atoms with Gasteiger partial charge >= 0.3 is 0 Å². The van der Waals surface area contributed by atoms with Gasteiger partial charge in [0.1, 0.15) is 0 Å². The summed E-state index contributed by atoms with van der Waals surface area (Å²) in [6.45, 7) is 6.98. The second kappa shape index (κ2) is 5.44. The molecular formula is C16H19N5. The highest BCUT2D eigenvalue weighted by atomic mass is 15.3. The highest BCUT2D eigenvalue weighted by Crippen LogP contribution is 2.22. The summed E-state index contributed by atoms with van der Waals surface area (Å²) in [6.07, 6.45) is 5.37. The van der Waals surface area contributed by atoms with Crippen molar-refractivity contribution in [3.05, 3.63) is 59.4 Å². The maximum absolute atomic E-state index is 4.52. The zero-order valence-electron chi connectivity index (χ0n) is 12.5. The molecule has 108 valence electrons. The highest BCUT2D eigenvalue weighted by molar-refractivity contribution is 5.52. The molecule has 0 saturated heterocycles. The van der Waals surface area contributed by atoms with Crippen molar-refractivity contribution in [1.29, 1.82) is 0 Å². The van der Waals surface area contributed by atoms with Gasteiger partial charge in [0, 0.05) is 6.20 Å². The number of aromatic amines is 1. The lowest BCUT2D eigenvalue weighted by atomic mass is 10.1. The number of aryl methyl sites for hydroxylation is 2. The van der Waals surface area contributed by atoms with E-state index < -0.39 is 0 Å². The Bertz CT molecular complexity index is 740. The maximum atomic E-state index is 4.52. The van der Waals surface area contributed by atoms with E-state index in [1.807, 2.05) is 17.1 Å². The number of hydrogen-bond donors (Lipinski definition) is 2. The van der Waals surface area contributed by atoms with E-state index in [4.69, 9.17) is 0 Å². The minimum atomic E-state index is 0.708. The van der Waals surface area contributed by atoms with Crippen molar-refractivity contribution in [1.82, 2.24) is 19.7 Å². The van der Waals surface area contributed by atoms with Gasteiger partial charge in [-0.2, -0.15) is 5.10 Å². The molecule has 2 N–H and O–H groups in total. The molecule has 2 heterocycles.